The normalized spacial score (nSPS) is 24.6. The van der Waals surface area contributed by atoms with Crippen LogP contribution in [-0.4, -0.2) is 16.0 Å². The van der Waals surface area contributed by atoms with Crippen LogP contribution in [0.2, 0.25) is 5.02 Å². The fraction of sp³-hybridized carbons (Fsp3) is 0.667. The summed E-state index contributed by atoms with van der Waals surface area (Å²) in [7, 11) is 0. The Labute approximate surface area is 107 Å². The molecule has 5 heteroatoms. The molecule has 2 atom stereocenters. The average molecular weight is 255 g/mol. The monoisotopic (exact) mass is 254 g/mol. The largest absolute Gasteiger partial charge is 0.382 e. The van der Waals surface area contributed by atoms with E-state index < -0.39 is 0 Å². The van der Waals surface area contributed by atoms with Gasteiger partial charge in [-0.05, 0) is 18.8 Å². The molecule has 0 bridgehead atoms. The van der Waals surface area contributed by atoms with Gasteiger partial charge in [0.25, 0.3) is 0 Å². The molecule has 0 aliphatic heterocycles. The zero-order valence-corrected chi connectivity index (χ0v) is 10.9. The molecule has 4 nitrogen and oxygen atoms in total. The minimum Gasteiger partial charge on any atom is -0.382 e. The summed E-state index contributed by atoms with van der Waals surface area (Å²) < 4.78 is 0. The van der Waals surface area contributed by atoms with Gasteiger partial charge in [-0.15, -0.1) is 0 Å². The van der Waals surface area contributed by atoms with Gasteiger partial charge in [-0.2, -0.15) is 0 Å². The van der Waals surface area contributed by atoms with Gasteiger partial charge in [0.2, 0.25) is 0 Å². The number of halogens is 1. The third kappa shape index (κ3) is 2.80. The van der Waals surface area contributed by atoms with Crippen molar-refractivity contribution < 1.29 is 0 Å². The van der Waals surface area contributed by atoms with Crippen molar-refractivity contribution in [3.8, 4) is 0 Å². The van der Waals surface area contributed by atoms with Gasteiger partial charge in [0.15, 0.2) is 5.82 Å². The van der Waals surface area contributed by atoms with Crippen LogP contribution in [0.15, 0.2) is 6.33 Å². The summed E-state index contributed by atoms with van der Waals surface area (Å²) >= 11 is 6.09. The molecule has 1 fully saturated rings. The number of hydrogen-bond acceptors (Lipinski definition) is 4. The van der Waals surface area contributed by atoms with Crippen molar-refractivity contribution in [1.82, 2.24) is 9.97 Å². The highest BCUT2D eigenvalue weighted by Gasteiger charge is 2.24. The molecule has 0 saturated heterocycles. The van der Waals surface area contributed by atoms with Crippen molar-refractivity contribution in [1.29, 1.82) is 0 Å². The van der Waals surface area contributed by atoms with E-state index >= 15 is 0 Å². The standard InChI is InChI=1S/C12H19ClN4/c1-2-8-5-3-4-6-9(8)17-12-10(13)11(14)15-7-16-12/h7-9H,2-6H2,1H3,(H3,14,15,16,17). The van der Waals surface area contributed by atoms with Crippen LogP contribution in [0.1, 0.15) is 39.0 Å². The molecule has 17 heavy (non-hydrogen) atoms. The van der Waals surface area contributed by atoms with E-state index in [4.69, 9.17) is 17.3 Å². The minimum atomic E-state index is 0.341. The average Bonchev–Trinajstić information content (AvgIpc) is 2.35. The number of nitrogens with zero attached hydrogens (tertiary/aromatic N) is 2. The van der Waals surface area contributed by atoms with Crippen molar-refractivity contribution >= 4 is 23.2 Å². The molecule has 2 rings (SSSR count). The maximum Gasteiger partial charge on any atom is 0.150 e. The summed E-state index contributed by atoms with van der Waals surface area (Å²) in [5.41, 5.74) is 5.67. The predicted octanol–water partition coefficient (Wildman–Crippen LogP) is 3.09. The van der Waals surface area contributed by atoms with E-state index in [0.717, 1.165) is 0 Å². The van der Waals surface area contributed by atoms with E-state index in [0.29, 0.717) is 28.6 Å². The van der Waals surface area contributed by atoms with Crippen molar-refractivity contribution in [2.75, 3.05) is 11.1 Å². The Bertz CT molecular complexity index is 383. The van der Waals surface area contributed by atoms with Crippen LogP contribution in [0, 0.1) is 5.92 Å². The molecule has 0 aromatic carbocycles. The summed E-state index contributed by atoms with van der Waals surface area (Å²) in [6.07, 6.45) is 7.71. The van der Waals surface area contributed by atoms with E-state index in [1.54, 1.807) is 0 Å². The third-order valence-electron chi connectivity index (χ3n) is 3.57. The fourth-order valence-corrected chi connectivity index (χ4v) is 2.70. The Balaban J connectivity index is 2.11. The molecule has 0 spiro atoms. The molecule has 1 heterocycles. The van der Waals surface area contributed by atoms with Gasteiger partial charge in [0.1, 0.15) is 17.2 Å². The first-order chi connectivity index (χ1) is 8.22. The number of anilines is 2. The summed E-state index contributed by atoms with van der Waals surface area (Å²) in [6.45, 7) is 2.24. The molecule has 1 aromatic heterocycles. The summed E-state index contributed by atoms with van der Waals surface area (Å²) in [6, 6.07) is 0.459. The fourth-order valence-electron chi connectivity index (χ4n) is 2.55. The highest BCUT2D eigenvalue weighted by molar-refractivity contribution is 6.35. The van der Waals surface area contributed by atoms with Crippen LogP contribution < -0.4 is 11.1 Å². The molecular weight excluding hydrogens is 236 g/mol. The Morgan fingerprint density at radius 1 is 1.41 bits per heavy atom. The minimum absolute atomic E-state index is 0.341. The third-order valence-corrected chi connectivity index (χ3v) is 3.94. The summed E-state index contributed by atoms with van der Waals surface area (Å²) in [5.74, 6) is 1.72. The zero-order valence-electron chi connectivity index (χ0n) is 10.1. The topological polar surface area (TPSA) is 63.8 Å². The molecule has 1 aliphatic carbocycles. The molecule has 3 N–H and O–H groups in total. The summed E-state index contributed by atoms with van der Waals surface area (Å²) in [5, 5.41) is 3.87. The van der Waals surface area contributed by atoms with E-state index in [1.165, 1.54) is 38.4 Å². The van der Waals surface area contributed by atoms with Crippen LogP contribution in [0.5, 0.6) is 0 Å². The SMILES string of the molecule is CCC1CCCCC1Nc1ncnc(N)c1Cl. The van der Waals surface area contributed by atoms with Crippen LogP contribution in [0.25, 0.3) is 0 Å². The van der Waals surface area contributed by atoms with Crippen molar-refractivity contribution in [3.05, 3.63) is 11.3 Å². The van der Waals surface area contributed by atoms with Crippen molar-refractivity contribution in [2.45, 2.75) is 45.1 Å². The maximum absolute atomic E-state index is 6.09. The Morgan fingerprint density at radius 2 is 2.18 bits per heavy atom. The van der Waals surface area contributed by atoms with Crippen LogP contribution in [0.4, 0.5) is 11.6 Å². The van der Waals surface area contributed by atoms with Gasteiger partial charge in [0, 0.05) is 6.04 Å². The Morgan fingerprint density at radius 3 is 2.94 bits per heavy atom. The van der Waals surface area contributed by atoms with E-state index in [9.17, 15) is 0 Å². The first-order valence-electron chi connectivity index (χ1n) is 6.25. The van der Waals surface area contributed by atoms with Gasteiger partial charge in [-0.1, -0.05) is 37.8 Å². The lowest BCUT2D eigenvalue weighted by atomic mass is 9.83. The smallest absolute Gasteiger partial charge is 0.150 e. The lowest BCUT2D eigenvalue weighted by molar-refractivity contribution is 0.317. The second-order valence-electron chi connectivity index (χ2n) is 4.63. The Kier molecular flexibility index (Phi) is 4.05. The lowest BCUT2D eigenvalue weighted by Crippen LogP contribution is -2.32. The molecule has 0 amide bonds. The molecule has 2 unspecified atom stereocenters. The zero-order chi connectivity index (χ0) is 12.3. The van der Waals surface area contributed by atoms with E-state index in [-0.39, 0.29) is 0 Å². The highest BCUT2D eigenvalue weighted by Crippen LogP contribution is 2.31. The maximum atomic E-state index is 6.09. The van der Waals surface area contributed by atoms with Crippen LogP contribution >= 0.6 is 11.6 Å². The number of nitrogens with one attached hydrogen (secondary N) is 1. The van der Waals surface area contributed by atoms with Crippen molar-refractivity contribution in [3.63, 3.8) is 0 Å². The molecule has 1 aliphatic rings. The number of nitrogen functional groups attached to an aromatic ring is 1. The second-order valence-corrected chi connectivity index (χ2v) is 5.00. The molecule has 1 saturated carbocycles. The van der Waals surface area contributed by atoms with Gasteiger partial charge < -0.3 is 11.1 Å². The predicted molar refractivity (Wildman–Crippen MR) is 71.1 cm³/mol. The van der Waals surface area contributed by atoms with Crippen molar-refractivity contribution in [2.24, 2.45) is 5.92 Å². The number of hydrogen-bond donors (Lipinski definition) is 2. The molecule has 94 valence electrons. The second kappa shape index (κ2) is 5.54. The first-order valence-corrected chi connectivity index (χ1v) is 6.62. The lowest BCUT2D eigenvalue weighted by Gasteiger charge is -2.32. The Hall–Kier alpha value is -1.03. The summed E-state index contributed by atoms with van der Waals surface area (Å²) in [4.78, 5) is 8.03. The number of rotatable bonds is 3. The van der Waals surface area contributed by atoms with Gasteiger partial charge >= 0.3 is 0 Å². The molecular formula is C12H19ClN4. The first kappa shape index (κ1) is 12.4. The van der Waals surface area contributed by atoms with E-state index in [1.807, 2.05) is 0 Å². The van der Waals surface area contributed by atoms with Crippen LogP contribution in [0.3, 0.4) is 0 Å². The highest BCUT2D eigenvalue weighted by atomic mass is 35.5. The number of nitrogens with two attached hydrogens (primary N) is 1. The molecule has 1 aromatic rings. The van der Waals surface area contributed by atoms with Gasteiger partial charge in [-0.3, -0.25) is 0 Å². The quantitative estimate of drug-likeness (QED) is 0.870. The van der Waals surface area contributed by atoms with E-state index in [2.05, 4.69) is 22.2 Å². The number of aromatic nitrogens is 2. The molecule has 0 radical (unpaired) electrons. The van der Waals surface area contributed by atoms with Gasteiger partial charge in [-0.25, -0.2) is 9.97 Å². The van der Waals surface area contributed by atoms with Crippen LogP contribution in [-0.2, 0) is 0 Å². The van der Waals surface area contributed by atoms with Gasteiger partial charge in [0.05, 0.1) is 0 Å².